The van der Waals surface area contributed by atoms with Crippen molar-refractivity contribution >= 4 is 22.5 Å². The third-order valence-corrected chi connectivity index (χ3v) is 7.22. The van der Waals surface area contributed by atoms with Crippen LogP contribution in [0.15, 0.2) is 44.5 Å². The maximum Gasteiger partial charge on any atom is 0.297 e. The number of unbranched alkanes of at least 4 members (excludes halogenated alkanes) is 2. The Morgan fingerprint density at radius 3 is 1.18 bits per heavy atom. The summed E-state index contributed by atoms with van der Waals surface area (Å²) >= 11 is 0. The smallest absolute Gasteiger partial charge is 0.297 e. The van der Waals surface area contributed by atoms with E-state index in [9.17, 15) is 8.42 Å². The van der Waals surface area contributed by atoms with Crippen LogP contribution in [-0.2, 0) is 47.5 Å². The lowest BCUT2D eigenvalue weighted by Crippen LogP contribution is -2.12. The lowest BCUT2D eigenvalue weighted by molar-refractivity contribution is 0.0497. The van der Waals surface area contributed by atoms with Crippen LogP contribution in [0.4, 0.5) is 0 Å². The molecule has 0 bridgehead atoms. The van der Waals surface area contributed by atoms with E-state index < -0.39 is 10.1 Å². The highest BCUT2D eigenvalue weighted by molar-refractivity contribution is 7.86. The summed E-state index contributed by atoms with van der Waals surface area (Å²) in [5, 5.41) is 9.90. The highest BCUT2D eigenvalue weighted by Crippen LogP contribution is 2.12. The number of azide groups is 3. The van der Waals surface area contributed by atoms with Crippen LogP contribution in [0, 0.1) is 6.92 Å². The summed E-state index contributed by atoms with van der Waals surface area (Å²) in [6, 6.07) is 6.39. The first-order valence-electron chi connectivity index (χ1n) is 18.2. The normalized spacial score (nSPS) is 10.0. The molecule has 56 heavy (non-hydrogen) atoms. The summed E-state index contributed by atoms with van der Waals surface area (Å²) in [6.07, 6.45) is 4.57. The average molecular weight is 844 g/mol. The maximum atomic E-state index is 11.7. The van der Waals surface area contributed by atoms with Crippen LogP contribution in [0.1, 0.15) is 45.1 Å². The number of nitrogens with two attached hydrogens (primary N) is 2. The highest BCUT2D eigenvalue weighted by Gasteiger charge is 2.14. The van der Waals surface area contributed by atoms with E-state index in [0.717, 1.165) is 38.0 Å². The minimum Gasteiger partial charge on any atom is -0.379 e. The lowest BCUT2D eigenvalue weighted by atomic mass is 10.2. The fraction of sp³-hybridized carbons (Fsp3) is 0.818. The lowest BCUT2D eigenvalue weighted by Gasteiger charge is -2.06. The molecule has 1 aromatic rings. The molecule has 326 valence electrons. The van der Waals surface area contributed by atoms with E-state index in [4.69, 9.17) is 65.4 Å². The molecule has 0 aliphatic carbocycles. The summed E-state index contributed by atoms with van der Waals surface area (Å²) in [6.45, 7) is 15.9. The van der Waals surface area contributed by atoms with Crippen LogP contribution in [0.5, 0.6) is 0 Å². The van der Waals surface area contributed by atoms with Gasteiger partial charge in [0.05, 0.1) is 90.8 Å². The molecule has 0 saturated carbocycles. The quantitative estimate of drug-likeness (QED) is 0.0285. The Bertz CT molecular complexity index is 1200. The third kappa shape index (κ3) is 51.0. The van der Waals surface area contributed by atoms with Gasteiger partial charge in [-0.1, -0.05) is 59.7 Å². The van der Waals surface area contributed by atoms with Gasteiger partial charge in [0.1, 0.15) is 0 Å². The third-order valence-electron chi connectivity index (χ3n) is 5.90. The van der Waals surface area contributed by atoms with Gasteiger partial charge in [-0.2, -0.15) is 8.42 Å². The van der Waals surface area contributed by atoms with Crippen molar-refractivity contribution in [2.24, 2.45) is 26.8 Å². The van der Waals surface area contributed by atoms with E-state index in [2.05, 4.69) is 43.9 Å². The van der Waals surface area contributed by atoms with Crippen LogP contribution in [0.2, 0.25) is 0 Å². The molecule has 23 heteroatoms. The van der Waals surface area contributed by atoms with Crippen LogP contribution in [0.3, 0.4) is 0 Å². The molecule has 0 radical (unpaired) electrons. The van der Waals surface area contributed by atoms with Gasteiger partial charge in [-0.25, -0.2) is 0 Å². The summed E-state index contributed by atoms with van der Waals surface area (Å²) in [4.78, 5) is 7.86. The van der Waals surface area contributed by atoms with Gasteiger partial charge in [-0.15, -0.1) is 12.4 Å². The Morgan fingerprint density at radius 2 is 0.857 bits per heavy atom. The molecule has 0 unspecified atom stereocenters. The molecule has 0 aliphatic heterocycles. The van der Waals surface area contributed by atoms with Crippen molar-refractivity contribution in [1.29, 1.82) is 0 Å². The SMILES string of the molecule is CCCCOCCOCCN.CCCCOCCOCCN=[N+]=[N-].Cc1ccc(S(=O)(=O)OCCOCCN=[N+]=[N-])cc1.Cl.[N-]=[N+]=NCCOCCOCCN. The van der Waals surface area contributed by atoms with E-state index in [1.165, 1.54) is 18.6 Å². The molecular weight excluding hydrogens is 778 g/mol. The zero-order chi connectivity index (χ0) is 41.4. The van der Waals surface area contributed by atoms with E-state index in [0.29, 0.717) is 92.2 Å². The van der Waals surface area contributed by atoms with Gasteiger partial charge in [0.25, 0.3) is 10.1 Å². The van der Waals surface area contributed by atoms with Gasteiger partial charge in [0.15, 0.2) is 0 Å². The molecule has 21 nitrogen and oxygen atoms in total. The highest BCUT2D eigenvalue weighted by atomic mass is 35.5. The summed E-state index contributed by atoms with van der Waals surface area (Å²) < 4.78 is 64.1. The number of hydrogen-bond acceptors (Lipinski definition) is 15. The number of nitrogens with zero attached hydrogens (tertiary/aromatic N) is 9. The first-order valence-corrected chi connectivity index (χ1v) is 19.6. The molecular formula is C33H66ClN11O10S. The van der Waals surface area contributed by atoms with Crippen LogP contribution >= 0.6 is 12.4 Å². The summed E-state index contributed by atoms with van der Waals surface area (Å²) in [5.74, 6) is 0. The molecule has 1 aromatic carbocycles. The van der Waals surface area contributed by atoms with Crippen LogP contribution in [0.25, 0.3) is 31.3 Å². The number of aryl methyl sites for hydroxylation is 1. The number of ether oxygens (including phenoxy) is 7. The molecule has 0 spiro atoms. The van der Waals surface area contributed by atoms with E-state index in [-0.39, 0.29) is 43.7 Å². The molecule has 0 fully saturated rings. The fourth-order valence-electron chi connectivity index (χ4n) is 3.15. The molecule has 0 heterocycles. The fourth-order valence-corrected chi connectivity index (χ4v) is 4.05. The number of halogens is 1. The topological polar surface area (TPSA) is 306 Å². The van der Waals surface area contributed by atoms with Crippen LogP contribution in [-0.4, -0.2) is 140 Å². The second kappa shape index (κ2) is 52.0. The largest absolute Gasteiger partial charge is 0.379 e. The van der Waals surface area contributed by atoms with Crippen molar-refractivity contribution < 1.29 is 45.8 Å². The van der Waals surface area contributed by atoms with Crippen molar-refractivity contribution in [2.75, 3.05) is 132 Å². The van der Waals surface area contributed by atoms with E-state index in [1.54, 1.807) is 12.1 Å². The van der Waals surface area contributed by atoms with Crippen molar-refractivity contribution in [3.8, 4) is 0 Å². The van der Waals surface area contributed by atoms with Crippen molar-refractivity contribution in [3.63, 3.8) is 0 Å². The maximum absolute atomic E-state index is 11.7. The van der Waals surface area contributed by atoms with E-state index >= 15 is 0 Å². The molecule has 4 N–H and O–H groups in total. The van der Waals surface area contributed by atoms with Gasteiger partial charge < -0.3 is 44.6 Å². The van der Waals surface area contributed by atoms with Crippen LogP contribution < -0.4 is 11.5 Å². The monoisotopic (exact) mass is 843 g/mol. The zero-order valence-electron chi connectivity index (χ0n) is 33.4. The van der Waals surface area contributed by atoms with Crippen molar-refractivity contribution in [1.82, 2.24) is 0 Å². The first-order chi connectivity index (χ1) is 26.8. The van der Waals surface area contributed by atoms with Gasteiger partial charge >= 0.3 is 0 Å². The van der Waals surface area contributed by atoms with Gasteiger partial charge in [-0.3, -0.25) is 4.18 Å². The molecule has 1 rings (SSSR count). The molecule has 0 aromatic heterocycles. The Kier molecular flexibility index (Phi) is 55.4. The number of rotatable bonds is 33. The van der Waals surface area contributed by atoms with Gasteiger partial charge in [0.2, 0.25) is 0 Å². The Morgan fingerprint density at radius 1 is 0.536 bits per heavy atom. The predicted molar refractivity (Wildman–Crippen MR) is 217 cm³/mol. The first kappa shape index (κ1) is 59.7. The Labute approximate surface area is 338 Å². The van der Waals surface area contributed by atoms with E-state index in [1.807, 2.05) is 6.92 Å². The zero-order valence-corrected chi connectivity index (χ0v) is 35.0. The molecule has 0 amide bonds. The van der Waals surface area contributed by atoms with Gasteiger partial charge in [-0.05, 0) is 48.5 Å². The molecule has 0 saturated heterocycles. The van der Waals surface area contributed by atoms with Crippen molar-refractivity contribution in [3.05, 3.63) is 61.2 Å². The summed E-state index contributed by atoms with van der Waals surface area (Å²) in [5.41, 5.74) is 35.3. The predicted octanol–water partition coefficient (Wildman–Crippen LogP) is 5.65. The molecule has 0 atom stereocenters. The average Bonchev–Trinajstić information content (AvgIpc) is 3.18. The van der Waals surface area contributed by atoms with Crippen molar-refractivity contribution in [2.45, 2.75) is 51.3 Å². The number of hydrogen-bond donors (Lipinski definition) is 2. The minimum absolute atomic E-state index is 0. The van der Waals surface area contributed by atoms with Gasteiger partial charge in [0, 0.05) is 60.7 Å². The summed E-state index contributed by atoms with van der Waals surface area (Å²) in [7, 11) is -3.74. The second-order valence-corrected chi connectivity index (χ2v) is 12.1. The standard InChI is InChI=1S/C11H15N3O4S.C8H17N3O2.C8H19NO2.C6H14N4O2.ClH/c1-10-2-4-11(5-3-10)19(15,16)18-9-8-17-7-6-13-14-12;1-2-3-5-12-7-8-13-6-4-10-11-9;1-2-3-5-10-7-8-11-6-4-9;7-1-3-11-5-6-12-4-2-9-10-8;/h2-5H,6-9H2,1H3;2-8H2,1H3;2-9H2,1H3;1-7H2;1H. The minimum atomic E-state index is -3.74. The number of benzene rings is 1. The Balaban J connectivity index is -0.000000329. The Hall–Kier alpha value is -3.01. The second-order valence-electron chi connectivity index (χ2n) is 10.5. The molecule has 0 aliphatic rings.